The molecule has 0 radical (unpaired) electrons. The first-order chi connectivity index (χ1) is 11.9. The molecule has 0 aromatic carbocycles. The molecule has 142 valence electrons. The van der Waals surface area contributed by atoms with Crippen LogP contribution < -0.4 is 0 Å². The van der Waals surface area contributed by atoms with E-state index >= 15 is 0 Å². The van der Waals surface area contributed by atoms with Crippen LogP contribution in [-0.4, -0.2) is 43.4 Å². The highest BCUT2D eigenvalue weighted by Gasteiger charge is 2.64. The van der Waals surface area contributed by atoms with Gasteiger partial charge in [0.25, 0.3) is 0 Å². The molecule has 4 fully saturated rings. The molecule has 0 amide bonds. The monoisotopic (exact) mass is 350 g/mol. The Balaban J connectivity index is 1.72. The molecule has 9 atom stereocenters. The van der Waals surface area contributed by atoms with E-state index in [0.29, 0.717) is 29.5 Å². The third kappa shape index (κ3) is 2.33. The van der Waals surface area contributed by atoms with E-state index in [1.807, 2.05) is 7.11 Å². The predicted octanol–water partition coefficient (Wildman–Crippen LogP) is 3.21. The van der Waals surface area contributed by atoms with E-state index in [4.69, 9.17) is 9.47 Å². The number of fused-ring (bicyclic) bond motifs is 5. The molecule has 4 saturated carbocycles. The van der Waals surface area contributed by atoms with Crippen molar-refractivity contribution in [1.29, 1.82) is 0 Å². The van der Waals surface area contributed by atoms with E-state index in [1.54, 1.807) is 7.11 Å². The lowest BCUT2D eigenvalue weighted by molar-refractivity contribution is -0.212. The third-order valence-electron chi connectivity index (χ3n) is 8.89. The van der Waals surface area contributed by atoms with Crippen LogP contribution in [0.5, 0.6) is 0 Å². The third-order valence-corrected chi connectivity index (χ3v) is 8.89. The van der Waals surface area contributed by atoms with Gasteiger partial charge in [-0.25, -0.2) is 0 Å². The summed E-state index contributed by atoms with van der Waals surface area (Å²) in [5, 5.41) is 10.5. The van der Waals surface area contributed by atoms with Crippen LogP contribution in [0.3, 0.4) is 0 Å². The van der Waals surface area contributed by atoms with Gasteiger partial charge in [0.2, 0.25) is 0 Å². The predicted molar refractivity (Wildman–Crippen MR) is 95.1 cm³/mol. The molecule has 1 N–H and O–H groups in total. The van der Waals surface area contributed by atoms with E-state index < -0.39 is 0 Å². The zero-order valence-electron chi connectivity index (χ0n) is 16.2. The molecule has 0 unspecified atom stereocenters. The lowest BCUT2D eigenvalue weighted by Crippen LogP contribution is -2.62. The van der Waals surface area contributed by atoms with Gasteiger partial charge in [0.1, 0.15) is 5.78 Å². The largest absolute Gasteiger partial charge is 0.390 e. The molecule has 4 aliphatic carbocycles. The molecule has 4 rings (SSSR count). The second-order valence-corrected chi connectivity index (χ2v) is 9.65. The number of ether oxygens (including phenoxy) is 2. The standard InChI is InChI=1S/C21H34O4/c1-20-10-9-15(22)19(25-4)14(20)6-5-12-13-7-8-17(23)21(13,2)11-16(24-3)18(12)20/h12-16,18-19,22H,5-11H2,1-4H3/t12-,13-,14-,15+,16-,18+,19+,20-,21-/m0/s1. The van der Waals surface area contributed by atoms with Gasteiger partial charge in [0.05, 0.1) is 18.3 Å². The summed E-state index contributed by atoms with van der Waals surface area (Å²) in [5.74, 6) is 2.41. The first kappa shape index (κ1) is 17.9. The fourth-order valence-corrected chi connectivity index (χ4v) is 7.70. The van der Waals surface area contributed by atoms with Gasteiger partial charge < -0.3 is 14.6 Å². The maximum atomic E-state index is 12.7. The van der Waals surface area contributed by atoms with Crippen LogP contribution in [0.25, 0.3) is 0 Å². The minimum absolute atomic E-state index is 0.0595. The van der Waals surface area contributed by atoms with Crippen LogP contribution in [0, 0.1) is 34.5 Å². The molecule has 0 aromatic heterocycles. The van der Waals surface area contributed by atoms with Gasteiger partial charge in [0, 0.05) is 26.1 Å². The van der Waals surface area contributed by atoms with Crippen LogP contribution in [-0.2, 0) is 14.3 Å². The van der Waals surface area contributed by atoms with E-state index in [0.717, 1.165) is 44.9 Å². The number of Topliss-reactive ketones (excluding diaryl/α,β-unsaturated/α-hetero) is 1. The Bertz CT molecular complexity index is 548. The van der Waals surface area contributed by atoms with Crippen molar-refractivity contribution < 1.29 is 19.4 Å². The molecule has 4 aliphatic rings. The number of methoxy groups -OCH3 is 2. The summed E-state index contributed by atoms with van der Waals surface area (Å²) in [5.41, 5.74) is -0.0453. The second kappa shape index (κ2) is 6.03. The fraction of sp³-hybridized carbons (Fsp3) is 0.952. The molecule has 25 heavy (non-hydrogen) atoms. The number of hydrogen-bond donors (Lipinski definition) is 1. The molecule has 0 aliphatic heterocycles. The Morgan fingerprint density at radius 3 is 2.48 bits per heavy atom. The molecule has 0 heterocycles. The summed E-state index contributed by atoms with van der Waals surface area (Å²) in [6.45, 7) is 4.62. The summed E-state index contributed by atoms with van der Waals surface area (Å²) in [7, 11) is 3.57. The topological polar surface area (TPSA) is 55.8 Å². The van der Waals surface area contributed by atoms with Crippen molar-refractivity contribution in [2.45, 2.75) is 77.1 Å². The number of hydrogen-bond acceptors (Lipinski definition) is 4. The molecule has 0 bridgehead atoms. The number of ketones is 1. The van der Waals surface area contributed by atoms with Crippen LogP contribution in [0.15, 0.2) is 0 Å². The second-order valence-electron chi connectivity index (χ2n) is 9.65. The number of aliphatic hydroxyl groups is 1. The normalized spacial score (nSPS) is 55.4. The van der Waals surface area contributed by atoms with E-state index in [9.17, 15) is 9.90 Å². The highest BCUT2D eigenvalue weighted by Crippen LogP contribution is 2.66. The van der Waals surface area contributed by atoms with Crippen LogP contribution in [0.1, 0.15) is 58.8 Å². The van der Waals surface area contributed by atoms with Crippen molar-refractivity contribution in [1.82, 2.24) is 0 Å². The maximum Gasteiger partial charge on any atom is 0.139 e. The van der Waals surface area contributed by atoms with Gasteiger partial charge in [-0.1, -0.05) is 13.8 Å². The van der Waals surface area contributed by atoms with Crippen molar-refractivity contribution in [2.75, 3.05) is 14.2 Å². The smallest absolute Gasteiger partial charge is 0.139 e. The van der Waals surface area contributed by atoms with Crippen molar-refractivity contribution >= 4 is 5.78 Å². The van der Waals surface area contributed by atoms with E-state index in [2.05, 4.69) is 13.8 Å². The average Bonchev–Trinajstić information content (AvgIpc) is 2.89. The zero-order valence-corrected chi connectivity index (χ0v) is 16.2. The minimum atomic E-state index is -0.345. The van der Waals surface area contributed by atoms with Crippen molar-refractivity contribution in [3.05, 3.63) is 0 Å². The molecule has 0 aromatic rings. The van der Waals surface area contributed by atoms with Gasteiger partial charge >= 0.3 is 0 Å². The highest BCUT2D eigenvalue weighted by molar-refractivity contribution is 5.87. The molecule has 4 nitrogen and oxygen atoms in total. The summed E-state index contributed by atoms with van der Waals surface area (Å²) >= 11 is 0. The molecular formula is C21H34O4. The summed E-state index contributed by atoms with van der Waals surface area (Å²) in [6.07, 6.45) is 6.52. The Labute approximate surface area is 151 Å². The maximum absolute atomic E-state index is 12.7. The minimum Gasteiger partial charge on any atom is -0.390 e. The molecular weight excluding hydrogens is 316 g/mol. The van der Waals surface area contributed by atoms with Crippen LogP contribution >= 0.6 is 0 Å². The fourth-order valence-electron chi connectivity index (χ4n) is 7.70. The Hall–Kier alpha value is -0.450. The summed E-state index contributed by atoms with van der Waals surface area (Å²) < 4.78 is 11.8. The van der Waals surface area contributed by atoms with Gasteiger partial charge in [-0.3, -0.25) is 4.79 Å². The molecule has 0 spiro atoms. The average molecular weight is 350 g/mol. The SMILES string of the molecule is CO[C@H]1[C@H](O)CC[C@]2(C)[C@@H]3[C@@H](CC[C@@H]12)[C@@H]1CCC(=O)[C@@]1(C)C[C@@H]3OC. The number of aliphatic hydroxyl groups excluding tert-OH is 1. The number of carbonyl (C=O) groups is 1. The van der Waals surface area contributed by atoms with E-state index in [1.165, 1.54) is 0 Å². The van der Waals surface area contributed by atoms with E-state index in [-0.39, 0.29) is 29.1 Å². The van der Waals surface area contributed by atoms with Crippen molar-refractivity contribution in [2.24, 2.45) is 34.5 Å². The summed E-state index contributed by atoms with van der Waals surface area (Å²) in [4.78, 5) is 12.7. The lowest BCUT2D eigenvalue weighted by atomic mass is 9.44. The van der Waals surface area contributed by atoms with Gasteiger partial charge in [-0.2, -0.15) is 0 Å². The quantitative estimate of drug-likeness (QED) is 0.831. The Kier molecular flexibility index (Phi) is 4.33. The zero-order chi connectivity index (χ0) is 18.0. The molecule has 4 heteroatoms. The molecule has 0 saturated heterocycles. The Morgan fingerprint density at radius 1 is 1.04 bits per heavy atom. The highest BCUT2D eigenvalue weighted by atomic mass is 16.5. The van der Waals surface area contributed by atoms with Gasteiger partial charge in [-0.15, -0.1) is 0 Å². The van der Waals surface area contributed by atoms with Crippen LogP contribution in [0.2, 0.25) is 0 Å². The van der Waals surface area contributed by atoms with Crippen LogP contribution in [0.4, 0.5) is 0 Å². The Morgan fingerprint density at radius 2 is 1.80 bits per heavy atom. The number of carbonyl (C=O) groups excluding carboxylic acids is 1. The lowest BCUT2D eigenvalue weighted by Gasteiger charge is -2.63. The first-order valence-corrected chi connectivity index (χ1v) is 10.1. The first-order valence-electron chi connectivity index (χ1n) is 10.1. The van der Waals surface area contributed by atoms with Crippen molar-refractivity contribution in [3.63, 3.8) is 0 Å². The van der Waals surface area contributed by atoms with Gasteiger partial charge in [-0.05, 0) is 67.6 Å². The van der Waals surface area contributed by atoms with Crippen molar-refractivity contribution in [3.8, 4) is 0 Å². The van der Waals surface area contributed by atoms with Gasteiger partial charge in [0.15, 0.2) is 0 Å². The number of rotatable bonds is 2. The summed E-state index contributed by atoms with van der Waals surface area (Å²) in [6, 6.07) is 0.